The molecule has 2 heterocycles. The van der Waals surface area contributed by atoms with Crippen LogP contribution in [-0.2, 0) is 22.7 Å². The molecule has 140 valence electrons. The molecule has 0 radical (unpaired) electrons. The Morgan fingerprint density at radius 1 is 1.35 bits per heavy atom. The van der Waals surface area contributed by atoms with Crippen molar-refractivity contribution in [2.24, 2.45) is 5.73 Å². The molecule has 2 unspecified atom stereocenters. The van der Waals surface area contributed by atoms with Crippen LogP contribution in [0.3, 0.4) is 0 Å². The quantitative estimate of drug-likeness (QED) is 0.671. The maximum absolute atomic E-state index is 12.8. The molecule has 3 rings (SSSR count). The molecule has 0 bridgehead atoms. The van der Waals surface area contributed by atoms with Gasteiger partial charge in [0.15, 0.2) is 0 Å². The number of hydrogen-bond donors (Lipinski definition) is 3. The van der Waals surface area contributed by atoms with Crippen LogP contribution in [0, 0.1) is 0 Å². The van der Waals surface area contributed by atoms with Crippen LogP contribution in [0.1, 0.15) is 55.1 Å². The Labute approximate surface area is 153 Å². The highest BCUT2D eigenvalue weighted by molar-refractivity contribution is 6.05. The van der Waals surface area contributed by atoms with Gasteiger partial charge in [-0.1, -0.05) is 12.1 Å². The molecule has 1 saturated heterocycles. The number of piperidine rings is 1. The van der Waals surface area contributed by atoms with Crippen LogP contribution in [0.15, 0.2) is 18.2 Å². The number of amides is 3. The highest BCUT2D eigenvalue weighted by Crippen LogP contribution is 2.28. The predicted octanol–water partition coefficient (Wildman–Crippen LogP) is 0.663. The van der Waals surface area contributed by atoms with Gasteiger partial charge in [-0.25, -0.2) is 0 Å². The lowest BCUT2D eigenvalue weighted by molar-refractivity contribution is -0.136. The molecule has 0 spiro atoms. The summed E-state index contributed by atoms with van der Waals surface area (Å²) in [7, 11) is 0. The molecular formula is C19H26N4O3. The van der Waals surface area contributed by atoms with Crippen LogP contribution in [0.25, 0.3) is 0 Å². The first-order chi connectivity index (χ1) is 12.2. The summed E-state index contributed by atoms with van der Waals surface area (Å²) in [6, 6.07) is 5.35. The number of imide groups is 1. The second kappa shape index (κ2) is 6.81. The van der Waals surface area contributed by atoms with Gasteiger partial charge in [-0.3, -0.25) is 19.7 Å². The summed E-state index contributed by atoms with van der Waals surface area (Å²) in [5, 5.41) is 5.70. The largest absolute Gasteiger partial charge is 0.324 e. The van der Waals surface area contributed by atoms with Gasteiger partial charge in [-0.05, 0) is 44.4 Å². The van der Waals surface area contributed by atoms with Gasteiger partial charge in [0.1, 0.15) is 6.04 Å². The summed E-state index contributed by atoms with van der Waals surface area (Å²) in [6.07, 6.45) is 0.639. The summed E-state index contributed by atoms with van der Waals surface area (Å²) in [5.41, 5.74) is 8.30. The topological polar surface area (TPSA) is 105 Å². The normalized spacial score (nSPS) is 21.6. The van der Waals surface area contributed by atoms with E-state index in [9.17, 15) is 14.4 Å². The Balaban J connectivity index is 1.71. The molecule has 2 atom stereocenters. The number of carbonyl (C=O) groups is 3. The van der Waals surface area contributed by atoms with Crippen LogP contribution in [-0.4, -0.2) is 40.2 Å². The van der Waals surface area contributed by atoms with E-state index >= 15 is 0 Å². The third-order valence-corrected chi connectivity index (χ3v) is 5.32. The minimum absolute atomic E-state index is 0.117. The molecule has 1 aromatic carbocycles. The molecular weight excluding hydrogens is 332 g/mol. The van der Waals surface area contributed by atoms with Crippen molar-refractivity contribution in [2.75, 3.05) is 0 Å². The average molecular weight is 358 g/mol. The number of nitrogens with one attached hydrogen (secondary N) is 2. The van der Waals surface area contributed by atoms with Gasteiger partial charge in [-0.2, -0.15) is 0 Å². The van der Waals surface area contributed by atoms with Gasteiger partial charge in [-0.15, -0.1) is 0 Å². The molecule has 0 aromatic heterocycles. The fourth-order valence-corrected chi connectivity index (χ4v) is 3.25. The molecule has 2 aliphatic heterocycles. The van der Waals surface area contributed by atoms with Crippen molar-refractivity contribution in [2.45, 2.75) is 64.3 Å². The SMILES string of the molecule is CC(NCc1ccc2c(c1)C(=O)N(C1CCC(=O)NC1=O)C2)C(C)(C)N. The molecule has 7 nitrogen and oxygen atoms in total. The average Bonchev–Trinajstić information content (AvgIpc) is 2.88. The van der Waals surface area contributed by atoms with Crippen LogP contribution < -0.4 is 16.4 Å². The Morgan fingerprint density at radius 3 is 2.73 bits per heavy atom. The van der Waals surface area contributed by atoms with Crippen molar-refractivity contribution < 1.29 is 14.4 Å². The van der Waals surface area contributed by atoms with Gasteiger partial charge < -0.3 is 16.0 Å². The minimum Gasteiger partial charge on any atom is -0.324 e. The van der Waals surface area contributed by atoms with E-state index in [-0.39, 0.29) is 35.7 Å². The van der Waals surface area contributed by atoms with Gasteiger partial charge in [0.25, 0.3) is 5.91 Å². The number of nitrogens with two attached hydrogens (primary N) is 1. The van der Waals surface area contributed by atoms with Crippen LogP contribution in [0.4, 0.5) is 0 Å². The second-order valence-corrected chi connectivity index (χ2v) is 7.82. The maximum atomic E-state index is 12.8. The first-order valence-corrected chi connectivity index (χ1v) is 8.95. The van der Waals surface area contributed by atoms with Crippen LogP contribution >= 0.6 is 0 Å². The monoisotopic (exact) mass is 358 g/mol. The summed E-state index contributed by atoms with van der Waals surface area (Å²) in [6.45, 7) is 6.98. The Bertz CT molecular complexity index is 754. The van der Waals surface area contributed by atoms with E-state index in [1.165, 1.54) is 0 Å². The number of fused-ring (bicyclic) bond motifs is 1. The molecule has 3 amide bonds. The van der Waals surface area contributed by atoms with Gasteiger partial charge >= 0.3 is 0 Å². The van der Waals surface area contributed by atoms with Crippen molar-refractivity contribution in [1.29, 1.82) is 0 Å². The zero-order valence-electron chi connectivity index (χ0n) is 15.5. The fraction of sp³-hybridized carbons (Fsp3) is 0.526. The van der Waals surface area contributed by atoms with Gasteiger partial charge in [0.05, 0.1) is 0 Å². The number of hydrogen-bond acceptors (Lipinski definition) is 5. The Hall–Kier alpha value is -2.25. The van der Waals surface area contributed by atoms with Crippen molar-refractivity contribution in [3.8, 4) is 0 Å². The molecule has 0 aliphatic carbocycles. The van der Waals surface area contributed by atoms with Gasteiger partial charge in [0.2, 0.25) is 11.8 Å². The summed E-state index contributed by atoms with van der Waals surface area (Å²) in [5.74, 6) is -0.812. The molecule has 7 heteroatoms. The van der Waals surface area contributed by atoms with E-state index < -0.39 is 6.04 Å². The van der Waals surface area contributed by atoms with Crippen molar-refractivity contribution in [3.05, 3.63) is 34.9 Å². The number of nitrogens with zero attached hydrogens (tertiary/aromatic N) is 1. The molecule has 2 aliphatic rings. The molecule has 1 fully saturated rings. The number of benzene rings is 1. The fourth-order valence-electron chi connectivity index (χ4n) is 3.25. The lowest BCUT2D eigenvalue weighted by atomic mass is 9.97. The number of carbonyl (C=O) groups excluding carboxylic acids is 3. The zero-order chi connectivity index (χ0) is 19.1. The Kier molecular flexibility index (Phi) is 4.86. The molecule has 4 N–H and O–H groups in total. The smallest absolute Gasteiger partial charge is 0.255 e. The second-order valence-electron chi connectivity index (χ2n) is 7.82. The minimum atomic E-state index is -0.577. The van der Waals surface area contributed by atoms with E-state index in [2.05, 4.69) is 10.6 Å². The maximum Gasteiger partial charge on any atom is 0.255 e. The molecule has 0 saturated carbocycles. The van der Waals surface area contributed by atoms with E-state index in [0.717, 1.165) is 11.1 Å². The third-order valence-electron chi connectivity index (χ3n) is 5.32. The summed E-state index contributed by atoms with van der Waals surface area (Å²) < 4.78 is 0. The van der Waals surface area contributed by atoms with Crippen molar-refractivity contribution >= 4 is 17.7 Å². The standard InChI is InChI=1S/C19H26N4O3/c1-11(19(2,3)20)21-9-12-4-5-13-10-23(18(26)14(13)8-12)15-6-7-16(24)22-17(15)25/h4-5,8,11,15,21H,6-7,9-10,20H2,1-3H3,(H,22,24,25). The highest BCUT2D eigenvalue weighted by Gasteiger charge is 2.39. The lowest BCUT2D eigenvalue weighted by Gasteiger charge is -2.29. The predicted molar refractivity (Wildman–Crippen MR) is 97.1 cm³/mol. The molecule has 1 aromatic rings. The first kappa shape index (κ1) is 18.5. The van der Waals surface area contributed by atoms with Gasteiger partial charge in [0, 0.05) is 36.7 Å². The van der Waals surface area contributed by atoms with E-state index in [1.54, 1.807) is 4.90 Å². The van der Waals surface area contributed by atoms with Crippen molar-refractivity contribution in [3.63, 3.8) is 0 Å². The van der Waals surface area contributed by atoms with E-state index in [4.69, 9.17) is 5.73 Å². The lowest BCUT2D eigenvalue weighted by Crippen LogP contribution is -2.52. The molecule has 26 heavy (non-hydrogen) atoms. The summed E-state index contributed by atoms with van der Waals surface area (Å²) >= 11 is 0. The van der Waals surface area contributed by atoms with Crippen molar-refractivity contribution in [1.82, 2.24) is 15.5 Å². The van der Waals surface area contributed by atoms with Crippen LogP contribution in [0.2, 0.25) is 0 Å². The number of rotatable bonds is 5. The zero-order valence-corrected chi connectivity index (χ0v) is 15.5. The first-order valence-electron chi connectivity index (χ1n) is 8.95. The van der Waals surface area contributed by atoms with E-state index in [1.807, 2.05) is 39.0 Å². The third kappa shape index (κ3) is 3.64. The highest BCUT2D eigenvalue weighted by atomic mass is 16.2. The van der Waals surface area contributed by atoms with E-state index in [0.29, 0.717) is 25.1 Å². The Morgan fingerprint density at radius 2 is 2.08 bits per heavy atom. The van der Waals surface area contributed by atoms with Crippen LogP contribution in [0.5, 0.6) is 0 Å². The summed E-state index contributed by atoms with van der Waals surface area (Å²) in [4.78, 5) is 37.8.